The number of anilines is 1. The van der Waals surface area contributed by atoms with E-state index in [0.717, 1.165) is 55.6 Å². The Morgan fingerprint density at radius 3 is 3.15 bits per heavy atom. The van der Waals surface area contributed by atoms with Crippen LogP contribution in [0.2, 0.25) is 0 Å². The Balaban J connectivity index is 1.43. The lowest BCUT2D eigenvalue weighted by Gasteiger charge is -2.31. The smallest absolute Gasteiger partial charge is 0.240 e. The lowest BCUT2D eigenvalue weighted by Crippen LogP contribution is -2.40. The second kappa shape index (κ2) is 8.14. The highest BCUT2D eigenvalue weighted by Crippen LogP contribution is 2.27. The number of piperidine rings is 1. The summed E-state index contributed by atoms with van der Waals surface area (Å²) in [5, 5.41) is 10.9. The maximum absolute atomic E-state index is 12.3. The molecule has 7 nitrogen and oxygen atoms in total. The molecule has 0 saturated carbocycles. The van der Waals surface area contributed by atoms with Gasteiger partial charge in [0.15, 0.2) is 10.8 Å². The van der Waals surface area contributed by atoms with Crippen LogP contribution in [0.25, 0.3) is 11.0 Å². The van der Waals surface area contributed by atoms with Crippen LogP contribution >= 0.6 is 11.3 Å². The number of carbonyl (C=O) groups is 1. The van der Waals surface area contributed by atoms with E-state index in [4.69, 9.17) is 4.98 Å². The van der Waals surface area contributed by atoms with Crippen LogP contribution in [-0.2, 0) is 11.3 Å². The minimum absolute atomic E-state index is 0.00460. The largest absolute Gasteiger partial charge is 0.301 e. The van der Waals surface area contributed by atoms with Gasteiger partial charge in [0, 0.05) is 41.7 Å². The van der Waals surface area contributed by atoms with E-state index in [1.807, 2.05) is 16.3 Å². The van der Waals surface area contributed by atoms with Gasteiger partial charge >= 0.3 is 0 Å². The molecule has 1 saturated heterocycles. The fourth-order valence-corrected chi connectivity index (χ4v) is 4.20. The van der Waals surface area contributed by atoms with Crippen LogP contribution in [0.3, 0.4) is 0 Å². The zero-order chi connectivity index (χ0) is 18.6. The SMILES string of the molecule is CCCn1ncc2ccc([C@H]3CCCN(CC(=O)Nc4nccs4)C3)nc21. The third kappa shape index (κ3) is 4.17. The monoisotopic (exact) mass is 384 g/mol. The van der Waals surface area contributed by atoms with Crippen molar-refractivity contribution < 1.29 is 4.79 Å². The molecule has 27 heavy (non-hydrogen) atoms. The molecular formula is C19H24N6OS. The van der Waals surface area contributed by atoms with Gasteiger partial charge < -0.3 is 5.32 Å². The van der Waals surface area contributed by atoms with Gasteiger partial charge in [0.1, 0.15) is 0 Å². The van der Waals surface area contributed by atoms with Crippen molar-refractivity contribution >= 4 is 33.4 Å². The molecule has 142 valence electrons. The maximum Gasteiger partial charge on any atom is 0.240 e. The van der Waals surface area contributed by atoms with Crippen LogP contribution in [0, 0.1) is 0 Å². The summed E-state index contributed by atoms with van der Waals surface area (Å²) in [6.45, 7) is 5.22. The average Bonchev–Trinajstić information content (AvgIpc) is 3.32. The van der Waals surface area contributed by atoms with Gasteiger partial charge in [-0.25, -0.2) is 14.6 Å². The van der Waals surface area contributed by atoms with E-state index in [1.165, 1.54) is 11.3 Å². The molecule has 0 bridgehead atoms. The molecule has 0 aliphatic carbocycles. The van der Waals surface area contributed by atoms with E-state index < -0.39 is 0 Å². The second-order valence-electron chi connectivity index (χ2n) is 6.98. The minimum Gasteiger partial charge on any atom is -0.301 e. The lowest BCUT2D eigenvalue weighted by atomic mass is 9.94. The normalized spacial score (nSPS) is 18.0. The Labute approximate surface area is 162 Å². The van der Waals surface area contributed by atoms with Crippen molar-refractivity contribution in [3.05, 3.63) is 35.6 Å². The molecular weight excluding hydrogens is 360 g/mol. The van der Waals surface area contributed by atoms with E-state index in [1.54, 1.807) is 6.20 Å². The quantitative estimate of drug-likeness (QED) is 0.707. The first-order chi connectivity index (χ1) is 13.2. The predicted octanol–water partition coefficient (Wildman–Crippen LogP) is 3.12. The molecule has 1 amide bonds. The Bertz CT molecular complexity index is 906. The third-order valence-electron chi connectivity index (χ3n) is 4.91. The Hall–Kier alpha value is -2.32. The van der Waals surface area contributed by atoms with E-state index >= 15 is 0 Å². The van der Waals surface area contributed by atoms with E-state index in [2.05, 4.69) is 39.4 Å². The second-order valence-corrected chi connectivity index (χ2v) is 7.87. The number of carbonyl (C=O) groups excluding carboxylic acids is 1. The van der Waals surface area contributed by atoms with Gasteiger partial charge in [-0.1, -0.05) is 6.92 Å². The number of amides is 1. The van der Waals surface area contributed by atoms with Gasteiger partial charge in [-0.05, 0) is 37.9 Å². The topological polar surface area (TPSA) is 75.9 Å². The number of aryl methyl sites for hydroxylation is 1. The first-order valence-corrected chi connectivity index (χ1v) is 10.3. The zero-order valence-corrected chi connectivity index (χ0v) is 16.3. The van der Waals surface area contributed by atoms with Crippen molar-refractivity contribution in [2.45, 2.75) is 38.6 Å². The average molecular weight is 385 g/mol. The molecule has 4 heterocycles. The number of hydrogen-bond donors (Lipinski definition) is 1. The molecule has 3 aromatic heterocycles. The highest BCUT2D eigenvalue weighted by Gasteiger charge is 2.24. The number of nitrogens with zero attached hydrogens (tertiary/aromatic N) is 5. The number of fused-ring (bicyclic) bond motifs is 1. The highest BCUT2D eigenvalue weighted by atomic mass is 32.1. The van der Waals surface area contributed by atoms with Crippen LogP contribution in [0.1, 0.15) is 37.8 Å². The fraction of sp³-hybridized carbons (Fsp3) is 0.474. The van der Waals surface area contributed by atoms with E-state index in [-0.39, 0.29) is 5.91 Å². The molecule has 4 rings (SSSR count). The highest BCUT2D eigenvalue weighted by molar-refractivity contribution is 7.13. The van der Waals surface area contributed by atoms with Gasteiger partial charge in [-0.3, -0.25) is 9.69 Å². The Morgan fingerprint density at radius 2 is 2.33 bits per heavy atom. The van der Waals surface area contributed by atoms with Crippen molar-refractivity contribution in [1.29, 1.82) is 0 Å². The summed E-state index contributed by atoms with van der Waals surface area (Å²) in [7, 11) is 0. The summed E-state index contributed by atoms with van der Waals surface area (Å²) in [5.41, 5.74) is 2.07. The van der Waals surface area contributed by atoms with Gasteiger partial charge in [-0.15, -0.1) is 11.3 Å². The first kappa shape index (κ1) is 18.1. The first-order valence-electron chi connectivity index (χ1n) is 9.47. The van der Waals surface area contributed by atoms with E-state index in [0.29, 0.717) is 17.6 Å². The van der Waals surface area contributed by atoms with Gasteiger partial charge in [0.2, 0.25) is 5.91 Å². The molecule has 1 aliphatic heterocycles. The lowest BCUT2D eigenvalue weighted by molar-refractivity contribution is -0.117. The molecule has 3 aromatic rings. The van der Waals surface area contributed by atoms with Crippen LogP contribution in [0.5, 0.6) is 0 Å². The van der Waals surface area contributed by atoms with Crippen molar-refractivity contribution in [3.63, 3.8) is 0 Å². The Morgan fingerprint density at radius 1 is 1.41 bits per heavy atom. The molecule has 1 atom stereocenters. The summed E-state index contributed by atoms with van der Waals surface area (Å²) < 4.78 is 1.99. The number of nitrogens with one attached hydrogen (secondary N) is 1. The van der Waals surface area contributed by atoms with Gasteiger partial charge in [0.05, 0.1) is 12.7 Å². The van der Waals surface area contributed by atoms with E-state index in [9.17, 15) is 4.79 Å². The minimum atomic E-state index is -0.00460. The van der Waals surface area contributed by atoms with Gasteiger partial charge in [0.25, 0.3) is 0 Å². The van der Waals surface area contributed by atoms with Crippen molar-refractivity contribution in [2.75, 3.05) is 25.0 Å². The number of aromatic nitrogens is 4. The van der Waals surface area contributed by atoms with Crippen molar-refractivity contribution in [3.8, 4) is 0 Å². The fourth-order valence-electron chi connectivity index (χ4n) is 3.66. The molecule has 0 unspecified atom stereocenters. The molecule has 1 aliphatic rings. The van der Waals surface area contributed by atoms with Crippen LogP contribution in [0.4, 0.5) is 5.13 Å². The summed E-state index contributed by atoms with van der Waals surface area (Å²) >= 11 is 1.44. The summed E-state index contributed by atoms with van der Waals surface area (Å²) in [5.74, 6) is 0.343. The standard InChI is InChI=1S/C19H24N6OS/c1-2-8-25-18-14(11-21-25)5-6-16(22-18)15-4-3-9-24(12-15)13-17(26)23-19-20-7-10-27-19/h5-7,10-11,15H,2-4,8-9,12-13H2,1H3,(H,20,23,26)/t15-/m0/s1. The molecule has 0 radical (unpaired) electrons. The summed E-state index contributed by atoms with van der Waals surface area (Å²) in [6.07, 6.45) is 6.79. The molecule has 0 spiro atoms. The van der Waals surface area contributed by atoms with Crippen LogP contribution in [0.15, 0.2) is 29.9 Å². The Kier molecular flexibility index (Phi) is 5.45. The predicted molar refractivity (Wildman–Crippen MR) is 107 cm³/mol. The third-order valence-corrected chi connectivity index (χ3v) is 5.60. The number of rotatable bonds is 6. The van der Waals surface area contributed by atoms with Crippen LogP contribution in [-0.4, -0.2) is 50.2 Å². The number of pyridine rings is 1. The summed E-state index contributed by atoms with van der Waals surface area (Å²) in [4.78, 5) is 23.5. The van der Waals surface area contributed by atoms with Crippen molar-refractivity contribution in [2.24, 2.45) is 0 Å². The molecule has 8 heteroatoms. The van der Waals surface area contributed by atoms with Crippen LogP contribution < -0.4 is 5.32 Å². The van der Waals surface area contributed by atoms with Crippen molar-refractivity contribution in [1.82, 2.24) is 24.6 Å². The number of hydrogen-bond acceptors (Lipinski definition) is 6. The van der Waals surface area contributed by atoms with Gasteiger partial charge in [-0.2, -0.15) is 5.10 Å². The number of thiazole rings is 1. The number of likely N-dealkylation sites (tertiary alicyclic amines) is 1. The molecule has 0 aromatic carbocycles. The summed E-state index contributed by atoms with van der Waals surface area (Å²) in [6, 6.07) is 4.23. The molecule has 1 N–H and O–H groups in total. The maximum atomic E-state index is 12.3. The molecule has 1 fully saturated rings. The zero-order valence-electron chi connectivity index (χ0n) is 15.5.